The minimum Gasteiger partial charge on any atom is -0.383 e. The standard InChI is InChI=1S/C13H20N6S/c1-3-9-7-19(4-5-20-9)8-11-16-12(14)10-6-15-18(2)13(10)17-11/h6,9H,3-5,7-8H2,1-2H3,(H2,14,16,17). The predicted molar refractivity (Wildman–Crippen MR) is 82.5 cm³/mol. The van der Waals surface area contributed by atoms with Crippen molar-refractivity contribution in [2.24, 2.45) is 7.05 Å². The summed E-state index contributed by atoms with van der Waals surface area (Å²) in [6.07, 6.45) is 2.93. The Balaban J connectivity index is 1.82. The quantitative estimate of drug-likeness (QED) is 0.918. The molecule has 0 amide bonds. The lowest BCUT2D eigenvalue weighted by atomic mass is 10.3. The Morgan fingerprint density at radius 2 is 2.30 bits per heavy atom. The van der Waals surface area contributed by atoms with Crippen LogP contribution in [0.25, 0.3) is 11.0 Å². The highest BCUT2D eigenvalue weighted by atomic mass is 32.2. The van der Waals surface area contributed by atoms with Crippen LogP contribution in [0.1, 0.15) is 19.2 Å². The van der Waals surface area contributed by atoms with E-state index >= 15 is 0 Å². The normalized spacial score (nSPS) is 20.6. The summed E-state index contributed by atoms with van der Waals surface area (Å²) < 4.78 is 1.75. The van der Waals surface area contributed by atoms with Gasteiger partial charge in [-0.2, -0.15) is 16.9 Å². The minimum atomic E-state index is 0.525. The van der Waals surface area contributed by atoms with Crippen LogP contribution in [-0.4, -0.2) is 48.7 Å². The zero-order valence-electron chi connectivity index (χ0n) is 11.9. The van der Waals surface area contributed by atoms with Crippen LogP contribution in [0, 0.1) is 0 Å². The molecule has 3 heterocycles. The second-order valence-corrected chi connectivity index (χ2v) is 6.57. The highest BCUT2D eigenvalue weighted by Crippen LogP contribution is 2.23. The summed E-state index contributed by atoms with van der Waals surface area (Å²) in [5.41, 5.74) is 6.81. The van der Waals surface area contributed by atoms with Crippen LogP contribution in [0.4, 0.5) is 5.82 Å². The predicted octanol–water partition coefficient (Wildman–Crippen LogP) is 1.27. The number of hydrogen-bond acceptors (Lipinski definition) is 6. The number of nitrogen functional groups attached to an aromatic ring is 1. The molecule has 20 heavy (non-hydrogen) atoms. The Hall–Kier alpha value is -1.34. The first kappa shape index (κ1) is 13.6. The van der Waals surface area contributed by atoms with Crippen LogP contribution in [0.15, 0.2) is 6.20 Å². The van der Waals surface area contributed by atoms with Crippen LogP contribution >= 0.6 is 11.8 Å². The van der Waals surface area contributed by atoms with Crippen molar-refractivity contribution < 1.29 is 0 Å². The van der Waals surface area contributed by atoms with E-state index in [-0.39, 0.29) is 0 Å². The molecule has 2 N–H and O–H groups in total. The summed E-state index contributed by atoms with van der Waals surface area (Å²) in [7, 11) is 1.88. The number of hydrogen-bond donors (Lipinski definition) is 1. The van der Waals surface area contributed by atoms with Crippen LogP contribution in [0.2, 0.25) is 0 Å². The molecule has 0 aliphatic carbocycles. The Bertz CT molecular complexity index is 610. The van der Waals surface area contributed by atoms with Gasteiger partial charge in [0.1, 0.15) is 11.6 Å². The van der Waals surface area contributed by atoms with Gasteiger partial charge in [-0.3, -0.25) is 9.58 Å². The van der Waals surface area contributed by atoms with Crippen molar-refractivity contribution in [1.29, 1.82) is 0 Å². The third-order valence-electron chi connectivity index (χ3n) is 3.71. The van der Waals surface area contributed by atoms with E-state index in [1.165, 1.54) is 12.2 Å². The SMILES string of the molecule is CCC1CN(Cc2nc(N)c3cnn(C)c3n2)CCS1. The van der Waals surface area contributed by atoms with Gasteiger partial charge in [0.2, 0.25) is 0 Å². The minimum absolute atomic E-state index is 0.525. The lowest BCUT2D eigenvalue weighted by molar-refractivity contribution is 0.267. The zero-order chi connectivity index (χ0) is 14.1. The molecule has 1 fully saturated rings. The van der Waals surface area contributed by atoms with Gasteiger partial charge in [0.05, 0.1) is 18.1 Å². The van der Waals surface area contributed by atoms with Gasteiger partial charge < -0.3 is 5.73 Å². The second-order valence-electron chi connectivity index (χ2n) is 5.17. The molecule has 1 atom stereocenters. The fourth-order valence-electron chi connectivity index (χ4n) is 2.53. The molecule has 1 unspecified atom stereocenters. The summed E-state index contributed by atoms with van der Waals surface area (Å²) in [5, 5.41) is 5.74. The lowest BCUT2D eigenvalue weighted by Gasteiger charge is -2.31. The summed E-state index contributed by atoms with van der Waals surface area (Å²) in [4.78, 5) is 11.4. The summed E-state index contributed by atoms with van der Waals surface area (Å²) >= 11 is 2.07. The topological polar surface area (TPSA) is 72.9 Å². The zero-order valence-corrected chi connectivity index (χ0v) is 12.7. The van der Waals surface area contributed by atoms with Crippen molar-refractivity contribution in [3.05, 3.63) is 12.0 Å². The van der Waals surface area contributed by atoms with E-state index in [1.807, 2.05) is 7.05 Å². The van der Waals surface area contributed by atoms with Gasteiger partial charge in [0.15, 0.2) is 5.65 Å². The molecular weight excluding hydrogens is 272 g/mol. The Morgan fingerprint density at radius 1 is 1.45 bits per heavy atom. The number of rotatable bonds is 3. The van der Waals surface area contributed by atoms with Crippen molar-refractivity contribution in [2.75, 3.05) is 24.6 Å². The molecule has 1 aliphatic rings. The number of aromatic nitrogens is 4. The molecular formula is C13H20N6S. The molecule has 6 nitrogen and oxygen atoms in total. The Labute approximate surface area is 122 Å². The van der Waals surface area contributed by atoms with Crippen LogP contribution in [0.5, 0.6) is 0 Å². The fraction of sp³-hybridized carbons (Fsp3) is 0.615. The van der Waals surface area contributed by atoms with Crippen LogP contribution in [-0.2, 0) is 13.6 Å². The molecule has 0 spiro atoms. The Kier molecular flexibility index (Phi) is 3.80. The number of nitrogens with zero attached hydrogens (tertiary/aromatic N) is 5. The maximum Gasteiger partial charge on any atom is 0.163 e. The molecule has 1 aliphatic heterocycles. The molecule has 3 rings (SSSR count). The smallest absolute Gasteiger partial charge is 0.163 e. The van der Waals surface area contributed by atoms with Gasteiger partial charge in [-0.15, -0.1) is 0 Å². The summed E-state index contributed by atoms with van der Waals surface area (Å²) in [5.74, 6) is 2.50. The molecule has 0 radical (unpaired) electrons. The first-order valence-corrected chi connectivity index (χ1v) is 8.00. The van der Waals surface area contributed by atoms with Gasteiger partial charge >= 0.3 is 0 Å². The van der Waals surface area contributed by atoms with Crippen molar-refractivity contribution in [1.82, 2.24) is 24.6 Å². The largest absolute Gasteiger partial charge is 0.383 e. The molecule has 108 valence electrons. The van der Waals surface area contributed by atoms with Crippen LogP contribution in [0.3, 0.4) is 0 Å². The molecule has 7 heteroatoms. The van der Waals surface area contributed by atoms with E-state index in [9.17, 15) is 0 Å². The van der Waals surface area contributed by atoms with Crippen molar-refractivity contribution >= 4 is 28.6 Å². The molecule has 0 aromatic carbocycles. The maximum absolute atomic E-state index is 6.00. The van der Waals surface area contributed by atoms with Gasteiger partial charge in [-0.1, -0.05) is 6.92 Å². The number of nitrogens with two attached hydrogens (primary N) is 1. The van der Waals surface area contributed by atoms with E-state index < -0.39 is 0 Å². The maximum atomic E-state index is 6.00. The number of fused-ring (bicyclic) bond motifs is 1. The summed E-state index contributed by atoms with van der Waals surface area (Å²) in [6, 6.07) is 0. The monoisotopic (exact) mass is 292 g/mol. The average Bonchev–Trinajstić information content (AvgIpc) is 2.81. The second kappa shape index (κ2) is 5.57. The molecule has 0 saturated carbocycles. The van der Waals surface area contributed by atoms with E-state index in [0.717, 1.165) is 41.7 Å². The highest BCUT2D eigenvalue weighted by molar-refractivity contribution is 8.00. The fourth-order valence-corrected chi connectivity index (χ4v) is 3.78. The lowest BCUT2D eigenvalue weighted by Crippen LogP contribution is -2.37. The first-order chi connectivity index (χ1) is 9.67. The van der Waals surface area contributed by atoms with Gasteiger partial charge in [-0.25, -0.2) is 9.97 Å². The first-order valence-electron chi connectivity index (χ1n) is 6.95. The summed E-state index contributed by atoms with van der Waals surface area (Å²) in [6.45, 7) is 5.21. The molecule has 0 bridgehead atoms. The third-order valence-corrected chi connectivity index (χ3v) is 5.08. The van der Waals surface area contributed by atoms with E-state index in [4.69, 9.17) is 5.73 Å². The van der Waals surface area contributed by atoms with E-state index in [1.54, 1.807) is 10.9 Å². The van der Waals surface area contributed by atoms with Crippen LogP contribution < -0.4 is 5.73 Å². The van der Waals surface area contributed by atoms with Gasteiger partial charge in [0, 0.05) is 31.1 Å². The van der Waals surface area contributed by atoms with Crippen molar-refractivity contribution in [3.63, 3.8) is 0 Å². The Morgan fingerprint density at radius 3 is 3.10 bits per heavy atom. The van der Waals surface area contributed by atoms with Gasteiger partial charge in [-0.05, 0) is 6.42 Å². The van der Waals surface area contributed by atoms with Crippen molar-refractivity contribution in [2.45, 2.75) is 25.1 Å². The number of thioether (sulfide) groups is 1. The number of anilines is 1. The van der Waals surface area contributed by atoms with E-state index in [0.29, 0.717) is 5.82 Å². The number of aryl methyl sites for hydroxylation is 1. The van der Waals surface area contributed by atoms with E-state index in [2.05, 4.69) is 38.7 Å². The average molecular weight is 292 g/mol. The molecule has 2 aromatic heterocycles. The highest BCUT2D eigenvalue weighted by Gasteiger charge is 2.20. The van der Waals surface area contributed by atoms with Gasteiger partial charge in [0.25, 0.3) is 0 Å². The molecule has 1 saturated heterocycles. The third kappa shape index (κ3) is 2.60. The van der Waals surface area contributed by atoms with Crippen molar-refractivity contribution in [3.8, 4) is 0 Å². The molecule has 2 aromatic rings.